The minimum Gasteiger partial charge on any atom is -0.299 e. The second-order valence-corrected chi connectivity index (χ2v) is 3.67. The molecule has 0 bridgehead atoms. The lowest BCUT2D eigenvalue weighted by atomic mass is 9.96. The molecular formula is C9H18OS. The van der Waals surface area contributed by atoms with Crippen LogP contribution in [0.5, 0.6) is 0 Å². The quantitative estimate of drug-likeness (QED) is 0.634. The average Bonchev–Trinajstić information content (AvgIpc) is 1.99. The molecule has 0 spiro atoms. The predicted octanol–water partition coefficient (Wildman–Crippen LogP) is 2.70. The zero-order valence-electron chi connectivity index (χ0n) is 7.63. The van der Waals surface area contributed by atoms with Crippen molar-refractivity contribution in [2.75, 3.05) is 0 Å². The number of carbonyl (C=O) groups excluding carboxylic acids is 1. The molecule has 0 fully saturated rings. The maximum Gasteiger partial charge on any atom is 0.142 e. The van der Waals surface area contributed by atoms with Gasteiger partial charge in [0.25, 0.3) is 0 Å². The lowest BCUT2D eigenvalue weighted by molar-refractivity contribution is -0.116. The van der Waals surface area contributed by atoms with Crippen LogP contribution >= 0.6 is 12.6 Å². The van der Waals surface area contributed by atoms with Crippen LogP contribution in [0, 0.1) is 5.92 Å². The van der Waals surface area contributed by atoms with E-state index in [4.69, 9.17) is 0 Å². The highest BCUT2D eigenvalue weighted by atomic mass is 32.1. The molecule has 0 heterocycles. The summed E-state index contributed by atoms with van der Waals surface area (Å²) in [6, 6.07) is 0. The Morgan fingerprint density at radius 2 is 1.82 bits per heavy atom. The van der Waals surface area contributed by atoms with Gasteiger partial charge < -0.3 is 0 Å². The molecule has 11 heavy (non-hydrogen) atoms. The van der Waals surface area contributed by atoms with Crippen LogP contribution in [0.1, 0.15) is 40.0 Å². The molecule has 0 N–H and O–H groups in total. The zero-order chi connectivity index (χ0) is 8.85. The average molecular weight is 174 g/mol. The molecule has 1 nitrogen and oxygen atoms in total. The summed E-state index contributed by atoms with van der Waals surface area (Å²) < 4.78 is 0. The van der Waals surface area contributed by atoms with Crippen molar-refractivity contribution in [2.24, 2.45) is 5.92 Å². The van der Waals surface area contributed by atoms with E-state index in [-0.39, 0.29) is 11.0 Å². The molecule has 0 radical (unpaired) electrons. The first-order chi connectivity index (χ1) is 5.11. The van der Waals surface area contributed by atoms with E-state index in [1.165, 1.54) is 0 Å². The Hall–Kier alpha value is 0.0200. The van der Waals surface area contributed by atoms with Gasteiger partial charge in [-0.1, -0.05) is 26.7 Å². The maximum atomic E-state index is 10.8. The van der Waals surface area contributed by atoms with Gasteiger partial charge in [0.2, 0.25) is 0 Å². The Morgan fingerprint density at radius 3 is 2.09 bits per heavy atom. The summed E-state index contributed by atoms with van der Waals surface area (Å²) in [5, 5.41) is -0.0418. The van der Waals surface area contributed by atoms with Gasteiger partial charge in [0.1, 0.15) is 5.78 Å². The number of hydrogen-bond donors (Lipinski definition) is 1. The summed E-state index contributed by atoms with van der Waals surface area (Å²) in [5.74, 6) is 0.863. The third kappa shape index (κ3) is 4.46. The van der Waals surface area contributed by atoms with Crippen molar-refractivity contribution in [3.63, 3.8) is 0 Å². The number of carbonyl (C=O) groups is 1. The van der Waals surface area contributed by atoms with E-state index < -0.39 is 0 Å². The molecule has 0 aromatic carbocycles. The van der Waals surface area contributed by atoms with Crippen molar-refractivity contribution in [3.8, 4) is 0 Å². The number of hydrogen-bond acceptors (Lipinski definition) is 2. The molecule has 0 aromatic heterocycles. The van der Waals surface area contributed by atoms with Gasteiger partial charge in [-0.25, -0.2) is 0 Å². The molecule has 1 atom stereocenters. The van der Waals surface area contributed by atoms with Crippen LogP contribution in [-0.4, -0.2) is 11.0 Å². The van der Waals surface area contributed by atoms with Crippen LogP contribution in [0.2, 0.25) is 0 Å². The Bertz CT molecular complexity index is 119. The van der Waals surface area contributed by atoms with Gasteiger partial charge in [0.05, 0.1) is 5.25 Å². The van der Waals surface area contributed by atoms with Gasteiger partial charge in [-0.05, 0) is 19.3 Å². The van der Waals surface area contributed by atoms with E-state index in [9.17, 15) is 4.79 Å². The zero-order valence-corrected chi connectivity index (χ0v) is 8.53. The van der Waals surface area contributed by atoms with Crippen LogP contribution in [-0.2, 0) is 4.79 Å². The molecule has 0 amide bonds. The fourth-order valence-electron chi connectivity index (χ4n) is 1.10. The first-order valence-electron chi connectivity index (χ1n) is 4.30. The van der Waals surface area contributed by atoms with Crippen LogP contribution in [0.15, 0.2) is 0 Å². The second-order valence-electron chi connectivity index (χ2n) is 3.04. The van der Waals surface area contributed by atoms with E-state index in [0.29, 0.717) is 5.92 Å². The number of ketones is 1. The van der Waals surface area contributed by atoms with Crippen molar-refractivity contribution in [1.82, 2.24) is 0 Å². The molecule has 0 saturated heterocycles. The van der Waals surface area contributed by atoms with Crippen molar-refractivity contribution < 1.29 is 4.79 Å². The SMILES string of the molecule is CCC(CC)CC(S)C(C)=O. The first-order valence-corrected chi connectivity index (χ1v) is 4.81. The highest BCUT2D eigenvalue weighted by Gasteiger charge is 2.13. The fourth-order valence-corrected chi connectivity index (χ4v) is 1.40. The number of rotatable bonds is 5. The fraction of sp³-hybridized carbons (Fsp3) is 0.889. The van der Waals surface area contributed by atoms with Gasteiger partial charge in [0.15, 0.2) is 0 Å². The monoisotopic (exact) mass is 174 g/mol. The lowest BCUT2D eigenvalue weighted by Gasteiger charge is -2.14. The van der Waals surface area contributed by atoms with E-state index in [0.717, 1.165) is 19.3 Å². The highest BCUT2D eigenvalue weighted by Crippen LogP contribution is 2.18. The predicted molar refractivity (Wildman–Crippen MR) is 52.1 cm³/mol. The topological polar surface area (TPSA) is 17.1 Å². The molecule has 2 heteroatoms. The minimum atomic E-state index is -0.0418. The van der Waals surface area contributed by atoms with Crippen LogP contribution in [0.3, 0.4) is 0 Å². The van der Waals surface area contributed by atoms with Crippen LogP contribution in [0.25, 0.3) is 0 Å². The van der Waals surface area contributed by atoms with E-state index in [1.54, 1.807) is 6.92 Å². The molecule has 0 rings (SSSR count). The van der Waals surface area contributed by atoms with Crippen molar-refractivity contribution in [1.29, 1.82) is 0 Å². The summed E-state index contributed by atoms with van der Waals surface area (Å²) in [6.45, 7) is 5.93. The van der Waals surface area contributed by atoms with Gasteiger partial charge in [-0.3, -0.25) is 4.79 Å². The Balaban J connectivity index is 3.71. The summed E-state index contributed by atoms with van der Waals surface area (Å²) in [7, 11) is 0. The van der Waals surface area contributed by atoms with Crippen molar-refractivity contribution in [3.05, 3.63) is 0 Å². The largest absolute Gasteiger partial charge is 0.299 e. The first kappa shape index (κ1) is 11.0. The summed E-state index contributed by atoms with van der Waals surface area (Å²) >= 11 is 4.22. The summed E-state index contributed by atoms with van der Waals surface area (Å²) in [4.78, 5) is 10.8. The van der Waals surface area contributed by atoms with E-state index in [1.807, 2.05) is 0 Å². The summed E-state index contributed by atoms with van der Waals surface area (Å²) in [6.07, 6.45) is 3.24. The Labute approximate surface area is 75.0 Å². The molecule has 0 saturated carbocycles. The molecule has 0 aliphatic carbocycles. The smallest absolute Gasteiger partial charge is 0.142 e. The van der Waals surface area contributed by atoms with Gasteiger partial charge in [-0.2, -0.15) is 12.6 Å². The van der Waals surface area contributed by atoms with Crippen molar-refractivity contribution >= 4 is 18.4 Å². The lowest BCUT2D eigenvalue weighted by Crippen LogP contribution is -2.15. The molecule has 0 aromatic rings. The van der Waals surface area contributed by atoms with Gasteiger partial charge in [-0.15, -0.1) is 0 Å². The van der Waals surface area contributed by atoms with Crippen LogP contribution < -0.4 is 0 Å². The normalized spacial score (nSPS) is 13.5. The highest BCUT2D eigenvalue weighted by molar-refractivity contribution is 7.81. The second kappa shape index (κ2) is 5.64. The molecule has 0 aliphatic heterocycles. The standard InChI is InChI=1S/C9H18OS/c1-4-8(5-2)6-9(11)7(3)10/h8-9,11H,4-6H2,1-3H3. The van der Waals surface area contributed by atoms with Gasteiger partial charge >= 0.3 is 0 Å². The van der Waals surface area contributed by atoms with Gasteiger partial charge in [0, 0.05) is 0 Å². The molecule has 1 unspecified atom stereocenters. The number of Topliss-reactive ketones (excluding diaryl/α,β-unsaturated/α-hetero) is 1. The molecule has 0 aliphatic rings. The summed E-state index contributed by atoms with van der Waals surface area (Å²) in [5.41, 5.74) is 0. The Morgan fingerprint density at radius 1 is 1.36 bits per heavy atom. The maximum absolute atomic E-state index is 10.8. The molecule has 66 valence electrons. The Kier molecular flexibility index (Phi) is 5.65. The number of thiol groups is 1. The third-order valence-electron chi connectivity index (χ3n) is 2.18. The molecular weight excluding hydrogens is 156 g/mol. The van der Waals surface area contributed by atoms with E-state index >= 15 is 0 Å². The van der Waals surface area contributed by atoms with Crippen molar-refractivity contribution in [2.45, 2.75) is 45.3 Å². The third-order valence-corrected chi connectivity index (χ3v) is 2.75. The van der Waals surface area contributed by atoms with Crippen LogP contribution in [0.4, 0.5) is 0 Å². The van der Waals surface area contributed by atoms with E-state index in [2.05, 4.69) is 26.5 Å². The minimum absolute atomic E-state index is 0.0418.